The molecule has 1 aromatic carbocycles. The van der Waals surface area contributed by atoms with Crippen LogP contribution in [0.3, 0.4) is 0 Å². The Morgan fingerprint density at radius 3 is 3.00 bits per heavy atom. The topological polar surface area (TPSA) is 77.1 Å². The van der Waals surface area contributed by atoms with Crippen molar-refractivity contribution in [3.05, 3.63) is 46.0 Å². The quantitative estimate of drug-likeness (QED) is 0.487. The number of anilines is 1. The maximum absolute atomic E-state index is 10.9. The Kier molecular flexibility index (Phi) is 3.39. The van der Waals surface area contributed by atoms with Gasteiger partial charge in [-0.25, -0.2) is 0 Å². The van der Waals surface area contributed by atoms with E-state index < -0.39 is 0 Å². The molecule has 0 fully saturated rings. The average molecular weight is 338 g/mol. The van der Waals surface area contributed by atoms with E-state index in [1.807, 2.05) is 10.6 Å². The number of rotatable bonds is 3. The first kappa shape index (κ1) is 13.0. The van der Waals surface area contributed by atoms with Crippen LogP contribution < -0.4 is 4.90 Å². The van der Waals surface area contributed by atoms with Crippen molar-refractivity contribution in [2.75, 3.05) is 11.4 Å². The van der Waals surface area contributed by atoms with Crippen molar-refractivity contribution in [2.45, 2.75) is 18.4 Å². The van der Waals surface area contributed by atoms with E-state index in [0.717, 1.165) is 24.6 Å². The molecule has 8 heteroatoms. The van der Waals surface area contributed by atoms with Crippen LogP contribution in [0.2, 0.25) is 0 Å². The van der Waals surface area contributed by atoms with Gasteiger partial charge in [0.2, 0.25) is 0 Å². The highest BCUT2D eigenvalue weighted by atomic mass is 79.9. The number of nitro benzene ring substituents is 1. The number of nitro groups is 1. The molecule has 20 heavy (non-hydrogen) atoms. The molecule has 0 bridgehead atoms. The van der Waals surface area contributed by atoms with E-state index in [9.17, 15) is 10.1 Å². The van der Waals surface area contributed by atoms with Gasteiger partial charge in [-0.05, 0) is 12.1 Å². The summed E-state index contributed by atoms with van der Waals surface area (Å²) in [5.41, 5.74) is 1.80. The molecule has 0 N–H and O–H groups in total. The molecule has 0 saturated carbocycles. The monoisotopic (exact) mass is 337 g/mol. The summed E-state index contributed by atoms with van der Waals surface area (Å²) in [6, 6.07) is 5.21. The SMILES string of the molecule is O=[N+]([O-])c1ccc(N2CCn3cnnc3C2)cc1CBr. The van der Waals surface area contributed by atoms with Crippen LogP contribution in [-0.4, -0.2) is 26.2 Å². The van der Waals surface area contributed by atoms with E-state index in [-0.39, 0.29) is 10.6 Å². The number of nitrogens with zero attached hydrogens (tertiary/aromatic N) is 5. The highest BCUT2D eigenvalue weighted by Gasteiger charge is 2.20. The highest BCUT2D eigenvalue weighted by molar-refractivity contribution is 9.08. The summed E-state index contributed by atoms with van der Waals surface area (Å²) >= 11 is 3.30. The van der Waals surface area contributed by atoms with E-state index >= 15 is 0 Å². The smallest absolute Gasteiger partial charge is 0.273 e. The van der Waals surface area contributed by atoms with Crippen molar-refractivity contribution in [3.63, 3.8) is 0 Å². The van der Waals surface area contributed by atoms with Gasteiger partial charge in [0.15, 0.2) is 5.82 Å². The summed E-state index contributed by atoms with van der Waals surface area (Å²) < 4.78 is 2.02. The van der Waals surface area contributed by atoms with Crippen LogP contribution in [0.5, 0.6) is 0 Å². The molecule has 2 aromatic rings. The molecular formula is C12H12BrN5O2. The summed E-state index contributed by atoms with van der Waals surface area (Å²) in [6.07, 6.45) is 1.73. The van der Waals surface area contributed by atoms with E-state index in [0.29, 0.717) is 17.4 Å². The number of hydrogen-bond acceptors (Lipinski definition) is 5. The van der Waals surface area contributed by atoms with Crippen molar-refractivity contribution < 1.29 is 4.92 Å². The zero-order chi connectivity index (χ0) is 14.1. The van der Waals surface area contributed by atoms with Crippen LogP contribution in [-0.2, 0) is 18.4 Å². The number of aromatic nitrogens is 3. The molecule has 0 spiro atoms. The standard InChI is InChI=1S/C12H12BrN5O2/c13-6-9-5-10(1-2-11(9)18(19)20)16-3-4-17-8-14-15-12(17)7-16/h1-2,5,8H,3-4,6-7H2. The first-order chi connectivity index (χ1) is 9.69. The molecule has 1 aliphatic heterocycles. The van der Waals surface area contributed by atoms with Crippen LogP contribution in [0.15, 0.2) is 24.5 Å². The van der Waals surface area contributed by atoms with E-state index in [4.69, 9.17) is 0 Å². The Morgan fingerprint density at radius 1 is 1.40 bits per heavy atom. The minimum Gasteiger partial charge on any atom is -0.362 e. The van der Waals surface area contributed by atoms with Gasteiger partial charge in [0.05, 0.1) is 11.5 Å². The maximum atomic E-state index is 10.9. The molecule has 2 heterocycles. The van der Waals surface area contributed by atoms with Gasteiger partial charge in [-0.3, -0.25) is 10.1 Å². The first-order valence-electron chi connectivity index (χ1n) is 6.14. The molecule has 7 nitrogen and oxygen atoms in total. The van der Waals surface area contributed by atoms with Crippen molar-refractivity contribution in [1.29, 1.82) is 0 Å². The van der Waals surface area contributed by atoms with Crippen LogP contribution in [0.25, 0.3) is 0 Å². The lowest BCUT2D eigenvalue weighted by molar-refractivity contribution is -0.385. The van der Waals surface area contributed by atoms with Gasteiger partial charge >= 0.3 is 0 Å². The predicted molar refractivity (Wildman–Crippen MR) is 76.8 cm³/mol. The van der Waals surface area contributed by atoms with Gasteiger partial charge in [0.1, 0.15) is 6.33 Å². The van der Waals surface area contributed by atoms with Crippen molar-refractivity contribution in [3.8, 4) is 0 Å². The zero-order valence-electron chi connectivity index (χ0n) is 10.6. The third kappa shape index (κ3) is 2.26. The molecular weight excluding hydrogens is 326 g/mol. The summed E-state index contributed by atoms with van der Waals surface area (Å²) in [7, 11) is 0. The van der Waals surface area contributed by atoms with Gasteiger partial charge in [0, 0.05) is 35.7 Å². The molecule has 0 amide bonds. The number of fused-ring (bicyclic) bond motifs is 1. The second-order valence-electron chi connectivity index (χ2n) is 4.57. The zero-order valence-corrected chi connectivity index (χ0v) is 12.2. The molecule has 0 aliphatic carbocycles. The normalized spacial score (nSPS) is 14.2. The molecule has 0 unspecified atom stereocenters. The summed E-state index contributed by atoms with van der Waals surface area (Å²) in [5.74, 6) is 0.912. The molecule has 1 aliphatic rings. The molecule has 0 atom stereocenters. The molecule has 0 saturated heterocycles. The minimum atomic E-state index is -0.354. The lowest BCUT2D eigenvalue weighted by Crippen LogP contribution is -2.33. The number of alkyl halides is 1. The predicted octanol–water partition coefficient (Wildman–Crippen LogP) is 2.10. The van der Waals surface area contributed by atoms with Crippen LogP contribution >= 0.6 is 15.9 Å². The lowest BCUT2D eigenvalue weighted by Gasteiger charge is -2.29. The number of hydrogen-bond donors (Lipinski definition) is 0. The fraction of sp³-hybridized carbons (Fsp3) is 0.333. The maximum Gasteiger partial charge on any atom is 0.273 e. The third-order valence-electron chi connectivity index (χ3n) is 3.41. The lowest BCUT2D eigenvalue weighted by atomic mass is 10.1. The van der Waals surface area contributed by atoms with Crippen LogP contribution in [0.4, 0.5) is 11.4 Å². The molecule has 1 aromatic heterocycles. The third-order valence-corrected chi connectivity index (χ3v) is 4.01. The first-order valence-corrected chi connectivity index (χ1v) is 7.26. The van der Waals surface area contributed by atoms with Gasteiger partial charge in [-0.1, -0.05) is 15.9 Å². The van der Waals surface area contributed by atoms with Gasteiger partial charge in [-0.15, -0.1) is 10.2 Å². The fourth-order valence-electron chi connectivity index (χ4n) is 2.34. The van der Waals surface area contributed by atoms with Gasteiger partial charge in [0.25, 0.3) is 5.69 Å². The summed E-state index contributed by atoms with van der Waals surface area (Å²) in [5, 5.41) is 19.4. The largest absolute Gasteiger partial charge is 0.362 e. The van der Waals surface area contributed by atoms with Crippen molar-refractivity contribution in [2.24, 2.45) is 0 Å². The summed E-state index contributed by atoms with van der Waals surface area (Å²) in [4.78, 5) is 12.7. The Hall–Kier alpha value is -1.96. The second-order valence-corrected chi connectivity index (χ2v) is 5.13. The Balaban J connectivity index is 1.90. The minimum absolute atomic E-state index is 0.144. The molecule has 3 rings (SSSR count). The fourth-order valence-corrected chi connectivity index (χ4v) is 2.79. The van der Waals surface area contributed by atoms with Gasteiger partial charge < -0.3 is 9.47 Å². The Morgan fingerprint density at radius 2 is 2.25 bits per heavy atom. The highest BCUT2D eigenvalue weighted by Crippen LogP contribution is 2.28. The Bertz CT molecular complexity index is 657. The second kappa shape index (κ2) is 5.20. The van der Waals surface area contributed by atoms with E-state index in [1.165, 1.54) is 0 Å². The number of benzene rings is 1. The van der Waals surface area contributed by atoms with Crippen LogP contribution in [0, 0.1) is 10.1 Å². The van der Waals surface area contributed by atoms with Gasteiger partial charge in [-0.2, -0.15) is 0 Å². The van der Waals surface area contributed by atoms with E-state index in [1.54, 1.807) is 18.5 Å². The van der Waals surface area contributed by atoms with E-state index in [2.05, 4.69) is 31.0 Å². The van der Waals surface area contributed by atoms with Crippen molar-refractivity contribution in [1.82, 2.24) is 14.8 Å². The van der Waals surface area contributed by atoms with Crippen LogP contribution in [0.1, 0.15) is 11.4 Å². The Labute approximate surface area is 123 Å². The molecule has 104 valence electrons. The van der Waals surface area contributed by atoms with Crippen molar-refractivity contribution >= 4 is 27.3 Å². The summed E-state index contributed by atoms with van der Waals surface area (Å²) in [6.45, 7) is 2.33. The average Bonchev–Trinajstić information content (AvgIpc) is 2.93. The number of halogens is 1. The molecule has 0 radical (unpaired) electrons.